The minimum Gasteiger partial charge on any atom is -0.377 e. The molecule has 0 saturated heterocycles. The zero-order valence-corrected chi connectivity index (χ0v) is 14.3. The number of hydrogen-bond acceptors (Lipinski definition) is 4. The van der Waals surface area contributed by atoms with Crippen LogP contribution >= 0.6 is 0 Å². The number of tetrazole rings is 1. The van der Waals surface area contributed by atoms with Gasteiger partial charge in [0.1, 0.15) is 0 Å². The Labute approximate surface area is 152 Å². The van der Waals surface area contributed by atoms with E-state index in [1.54, 1.807) is 4.68 Å². The van der Waals surface area contributed by atoms with Crippen LogP contribution in [0.25, 0.3) is 5.69 Å². The van der Waals surface area contributed by atoms with E-state index in [0.29, 0.717) is 6.54 Å². The van der Waals surface area contributed by atoms with E-state index in [0.717, 1.165) is 23.6 Å². The molecule has 0 spiro atoms. The summed E-state index contributed by atoms with van der Waals surface area (Å²) in [4.78, 5) is 0. The van der Waals surface area contributed by atoms with Gasteiger partial charge in [0, 0.05) is 5.69 Å². The lowest BCUT2D eigenvalue weighted by molar-refractivity contribution is 0.768. The normalized spacial score (nSPS) is 10.6. The van der Waals surface area contributed by atoms with Crippen molar-refractivity contribution in [3.8, 4) is 5.69 Å². The maximum atomic E-state index is 4.16. The van der Waals surface area contributed by atoms with E-state index in [1.165, 1.54) is 11.1 Å². The van der Waals surface area contributed by atoms with Gasteiger partial charge in [-0.15, -0.1) is 5.10 Å². The van der Waals surface area contributed by atoms with Gasteiger partial charge in [-0.05, 0) is 46.2 Å². The maximum absolute atomic E-state index is 4.16. The molecule has 5 heteroatoms. The van der Waals surface area contributed by atoms with E-state index in [9.17, 15) is 0 Å². The first-order valence-electron chi connectivity index (χ1n) is 8.58. The van der Waals surface area contributed by atoms with Crippen molar-refractivity contribution < 1.29 is 0 Å². The minimum absolute atomic E-state index is 0.549. The molecule has 1 aromatic heterocycles. The Morgan fingerprint density at radius 2 is 1.46 bits per heavy atom. The molecule has 0 aliphatic rings. The standard InChI is InChI=1S/C21H19N5/c1-3-9-17(10-4-1)15-18-11-7-8-14-20(18)22-16-21-23-24-25-26(21)19-12-5-2-6-13-19/h1-14,22H,15-16H2. The predicted molar refractivity (Wildman–Crippen MR) is 102 cm³/mol. The van der Waals surface area contributed by atoms with Crippen LogP contribution in [0.1, 0.15) is 17.0 Å². The lowest BCUT2D eigenvalue weighted by Gasteiger charge is -2.12. The molecular weight excluding hydrogens is 322 g/mol. The van der Waals surface area contributed by atoms with E-state index < -0.39 is 0 Å². The first-order valence-corrected chi connectivity index (χ1v) is 8.58. The number of nitrogens with one attached hydrogen (secondary N) is 1. The molecule has 0 amide bonds. The largest absolute Gasteiger partial charge is 0.377 e. The third-order valence-corrected chi connectivity index (χ3v) is 4.23. The van der Waals surface area contributed by atoms with Crippen LogP contribution in [0.4, 0.5) is 5.69 Å². The third kappa shape index (κ3) is 3.62. The molecule has 0 saturated carbocycles. The average molecular weight is 341 g/mol. The number of para-hydroxylation sites is 2. The monoisotopic (exact) mass is 341 g/mol. The van der Waals surface area contributed by atoms with E-state index in [1.807, 2.05) is 42.5 Å². The fourth-order valence-electron chi connectivity index (χ4n) is 2.92. The Kier molecular flexibility index (Phi) is 4.69. The lowest BCUT2D eigenvalue weighted by atomic mass is 10.0. The summed E-state index contributed by atoms with van der Waals surface area (Å²) in [5.74, 6) is 0.769. The van der Waals surface area contributed by atoms with Gasteiger partial charge in [0.05, 0.1) is 12.2 Å². The van der Waals surface area contributed by atoms with Crippen LogP contribution in [-0.4, -0.2) is 20.2 Å². The zero-order chi connectivity index (χ0) is 17.6. The predicted octanol–water partition coefficient (Wildman–Crippen LogP) is 3.87. The van der Waals surface area contributed by atoms with Gasteiger partial charge in [0.2, 0.25) is 0 Å². The van der Waals surface area contributed by atoms with E-state index in [4.69, 9.17) is 0 Å². The fourth-order valence-corrected chi connectivity index (χ4v) is 2.92. The summed E-state index contributed by atoms with van der Waals surface area (Å²) in [5.41, 5.74) is 4.58. The summed E-state index contributed by atoms with van der Waals surface area (Å²) in [7, 11) is 0. The summed E-state index contributed by atoms with van der Waals surface area (Å²) in [6.07, 6.45) is 0.883. The van der Waals surface area contributed by atoms with Gasteiger partial charge in [-0.2, -0.15) is 4.68 Å². The Morgan fingerprint density at radius 1 is 0.769 bits per heavy atom. The Bertz CT molecular complexity index is 964. The molecule has 0 atom stereocenters. The van der Waals surface area contributed by atoms with Crippen LogP contribution in [0.15, 0.2) is 84.9 Å². The average Bonchev–Trinajstić information content (AvgIpc) is 3.17. The molecule has 0 unspecified atom stereocenters. The molecule has 4 aromatic rings. The van der Waals surface area contributed by atoms with Crippen LogP contribution in [0, 0.1) is 0 Å². The highest BCUT2D eigenvalue weighted by Gasteiger charge is 2.09. The molecular formula is C21H19N5. The number of nitrogens with zero attached hydrogens (tertiary/aromatic N) is 4. The summed E-state index contributed by atoms with van der Waals surface area (Å²) in [6.45, 7) is 0.549. The molecule has 1 heterocycles. The van der Waals surface area contributed by atoms with E-state index in [2.05, 4.69) is 63.3 Å². The van der Waals surface area contributed by atoms with Crippen LogP contribution in [0.5, 0.6) is 0 Å². The summed E-state index contributed by atoms with van der Waals surface area (Å²) in [6, 6.07) is 28.7. The molecule has 0 aliphatic heterocycles. The topological polar surface area (TPSA) is 55.6 Å². The van der Waals surface area contributed by atoms with Crippen LogP contribution in [0.3, 0.4) is 0 Å². The number of rotatable bonds is 6. The van der Waals surface area contributed by atoms with Crippen LogP contribution < -0.4 is 5.32 Å². The van der Waals surface area contributed by atoms with Crippen LogP contribution in [0.2, 0.25) is 0 Å². The van der Waals surface area contributed by atoms with E-state index >= 15 is 0 Å². The zero-order valence-electron chi connectivity index (χ0n) is 14.3. The smallest absolute Gasteiger partial charge is 0.175 e. The minimum atomic E-state index is 0.549. The van der Waals surface area contributed by atoms with Gasteiger partial charge in [-0.3, -0.25) is 0 Å². The number of hydrogen-bond donors (Lipinski definition) is 1. The molecule has 4 rings (SSSR count). The highest BCUT2D eigenvalue weighted by molar-refractivity contribution is 5.52. The number of anilines is 1. The fraction of sp³-hybridized carbons (Fsp3) is 0.0952. The quantitative estimate of drug-likeness (QED) is 0.578. The lowest BCUT2D eigenvalue weighted by Crippen LogP contribution is -2.09. The van der Waals surface area contributed by atoms with Gasteiger partial charge < -0.3 is 5.32 Å². The van der Waals surface area contributed by atoms with Crippen molar-refractivity contribution in [3.05, 3.63) is 102 Å². The van der Waals surface area contributed by atoms with Crippen molar-refractivity contribution in [1.29, 1.82) is 0 Å². The molecule has 128 valence electrons. The molecule has 0 bridgehead atoms. The molecule has 0 aliphatic carbocycles. The third-order valence-electron chi connectivity index (χ3n) is 4.23. The Balaban J connectivity index is 1.52. The molecule has 3 aromatic carbocycles. The second kappa shape index (κ2) is 7.61. The van der Waals surface area contributed by atoms with Crippen molar-refractivity contribution >= 4 is 5.69 Å². The SMILES string of the molecule is c1ccc(Cc2ccccc2NCc2nnnn2-c2ccccc2)cc1. The van der Waals surface area contributed by atoms with Gasteiger partial charge in [0.25, 0.3) is 0 Å². The summed E-state index contributed by atoms with van der Waals surface area (Å²) >= 11 is 0. The molecule has 5 nitrogen and oxygen atoms in total. The van der Waals surface area contributed by atoms with Gasteiger partial charge in [0.15, 0.2) is 5.82 Å². The molecule has 1 N–H and O–H groups in total. The van der Waals surface area contributed by atoms with Crippen molar-refractivity contribution in [3.63, 3.8) is 0 Å². The van der Waals surface area contributed by atoms with Crippen molar-refractivity contribution in [1.82, 2.24) is 20.2 Å². The van der Waals surface area contributed by atoms with Crippen molar-refractivity contribution in [2.45, 2.75) is 13.0 Å². The number of benzene rings is 3. The van der Waals surface area contributed by atoms with Gasteiger partial charge in [-0.25, -0.2) is 0 Å². The summed E-state index contributed by atoms with van der Waals surface area (Å²) in [5, 5.41) is 15.6. The first-order chi connectivity index (χ1) is 12.9. The summed E-state index contributed by atoms with van der Waals surface area (Å²) < 4.78 is 1.76. The molecule has 0 fully saturated rings. The molecule has 0 radical (unpaired) electrons. The number of aromatic nitrogens is 4. The van der Waals surface area contributed by atoms with Crippen LogP contribution in [-0.2, 0) is 13.0 Å². The highest BCUT2D eigenvalue weighted by Crippen LogP contribution is 2.20. The first kappa shape index (κ1) is 16.0. The highest BCUT2D eigenvalue weighted by atomic mass is 15.5. The molecule has 26 heavy (non-hydrogen) atoms. The Morgan fingerprint density at radius 3 is 2.27 bits per heavy atom. The van der Waals surface area contributed by atoms with Crippen molar-refractivity contribution in [2.75, 3.05) is 5.32 Å². The van der Waals surface area contributed by atoms with E-state index in [-0.39, 0.29) is 0 Å². The second-order valence-corrected chi connectivity index (χ2v) is 6.02. The Hall–Kier alpha value is -3.47. The van der Waals surface area contributed by atoms with Gasteiger partial charge >= 0.3 is 0 Å². The second-order valence-electron chi connectivity index (χ2n) is 6.02. The maximum Gasteiger partial charge on any atom is 0.175 e. The van der Waals surface area contributed by atoms with Crippen molar-refractivity contribution in [2.24, 2.45) is 0 Å². The van der Waals surface area contributed by atoms with Gasteiger partial charge in [-0.1, -0.05) is 66.7 Å².